The number of amides is 1. The maximum Gasteiger partial charge on any atom is 0.256 e. The van der Waals surface area contributed by atoms with Gasteiger partial charge in [0.25, 0.3) is 5.91 Å². The molecule has 7 heteroatoms. The fourth-order valence-corrected chi connectivity index (χ4v) is 3.42. The molecule has 0 fully saturated rings. The Hall–Kier alpha value is -3.19. The number of rotatable bonds is 6. The lowest BCUT2D eigenvalue weighted by Crippen LogP contribution is -2.13. The van der Waals surface area contributed by atoms with E-state index in [9.17, 15) is 4.79 Å². The first-order chi connectivity index (χ1) is 14.1. The van der Waals surface area contributed by atoms with Crippen molar-refractivity contribution in [3.8, 4) is 0 Å². The summed E-state index contributed by atoms with van der Waals surface area (Å²) in [5.74, 6) is 0.347. The summed E-state index contributed by atoms with van der Waals surface area (Å²) >= 11 is 3.39. The van der Waals surface area contributed by atoms with Gasteiger partial charge in [-0.05, 0) is 51.7 Å². The number of nitrogens with one attached hydrogen (secondary N) is 1. The van der Waals surface area contributed by atoms with Gasteiger partial charge >= 0.3 is 0 Å². The third kappa shape index (κ3) is 4.81. The average Bonchev–Trinajstić information content (AvgIpc) is 3.32. The molecule has 0 aliphatic rings. The van der Waals surface area contributed by atoms with Gasteiger partial charge in [0.05, 0.1) is 23.8 Å². The molecule has 1 N–H and O–H groups in total. The highest BCUT2D eigenvalue weighted by Crippen LogP contribution is 2.14. The van der Waals surface area contributed by atoms with E-state index in [1.807, 2.05) is 52.1 Å². The van der Waals surface area contributed by atoms with Crippen molar-refractivity contribution in [1.29, 1.82) is 0 Å². The van der Waals surface area contributed by atoms with E-state index in [1.165, 1.54) is 11.1 Å². The minimum atomic E-state index is -0.186. The van der Waals surface area contributed by atoms with E-state index in [0.29, 0.717) is 24.5 Å². The Morgan fingerprint density at radius 3 is 2.72 bits per heavy atom. The third-order valence-electron chi connectivity index (χ3n) is 4.61. The summed E-state index contributed by atoms with van der Waals surface area (Å²) in [4.78, 5) is 12.7. The fourth-order valence-electron chi connectivity index (χ4n) is 3.09. The zero-order chi connectivity index (χ0) is 20.2. The lowest BCUT2D eigenvalue weighted by molar-refractivity contribution is 0.102. The predicted molar refractivity (Wildman–Crippen MR) is 116 cm³/mol. The van der Waals surface area contributed by atoms with Crippen LogP contribution in [0.15, 0.2) is 77.7 Å². The van der Waals surface area contributed by atoms with Crippen molar-refractivity contribution < 1.29 is 4.79 Å². The number of halogens is 1. The monoisotopic (exact) mass is 449 g/mol. The average molecular weight is 450 g/mol. The Labute approximate surface area is 177 Å². The Bertz CT molecular complexity index is 1150. The molecule has 0 aliphatic carbocycles. The molecular formula is C22H20BrN5O. The van der Waals surface area contributed by atoms with Crippen molar-refractivity contribution in [2.45, 2.75) is 20.0 Å². The van der Waals surface area contributed by atoms with Crippen LogP contribution in [0.1, 0.15) is 27.0 Å². The normalized spacial score (nSPS) is 10.8. The van der Waals surface area contributed by atoms with Crippen LogP contribution in [0.5, 0.6) is 0 Å². The number of carbonyl (C=O) groups is 1. The molecular weight excluding hydrogens is 430 g/mol. The highest BCUT2D eigenvalue weighted by Gasteiger charge is 2.10. The van der Waals surface area contributed by atoms with Gasteiger partial charge in [0.2, 0.25) is 0 Å². The van der Waals surface area contributed by atoms with Gasteiger partial charge in [-0.3, -0.25) is 14.2 Å². The van der Waals surface area contributed by atoms with Crippen LogP contribution in [-0.4, -0.2) is 25.5 Å². The van der Waals surface area contributed by atoms with Gasteiger partial charge < -0.3 is 5.32 Å². The van der Waals surface area contributed by atoms with Crippen LogP contribution in [0.3, 0.4) is 0 Å². The minimum Gasteiger partial charge on any atom is -0.305 e. The second-order valence-corrected chi connectivity index (χ2v) is 7.75. The summed E-state index contributed by atoms with van der Waals surface area (Å²) in [6.07, 6.45) is 5.51. The Kier molecular flexibility index (Phi) is 5.57. The quantitative estimate of drug-likeness (QED) is 0.471. The SMILES string of the molecule is Cc1ccccc1Cn1ccc(NC(=O)c2cccc(Cn3cc(Br)cn3)c2)n1. The lowest BCUT2D eigenvalue weighted by Gasteiger charge is -2.07. The molecule has 0 radical (unpaired) electrons. The van der Waals surface area contributed by atoms with Crippen LogP contribution in [-0.2, 0) is 13.1 Å². The second-order valence-electron chi connectivity index (χ2n) is 6.84. The van der Waals surface area contributed by atoms with Gasteiger partial charge in [0, 0.05) is 24.0 Å². The number of aryl methyl sites for hydroxylation is 1. The zero-order valence-corrected chi connectivity index (χ0v) is 17.5. The first kappa shape index (κ1) is 19.1. The minimum absolute atomic E-state index is 0.186. The van der Waals surface area contributed by atoms with Gasteiger partial charge in [-0.25, -0.2) is 0 Å². The van der Waals surface area contributed by atoms with Crippen LogP contribution >= 0.6 is 15.9 Å². The molecule has 4 aromatic rings. The molecule has 0 saturated heterocycles. The summed E-state index contributed by atoms with van der Waals surface area (Å²) in [5, 5.41) is 11.6. The smallest absolute Gasteiger partial charge is 0.256 e. The van der Waals surface area contributed by atoms with Crippen molar-refractivity contribution >= 4 is 27.7 Å². The molecule has 146 valence electrons. The highest BCUT2D eigenvalue weighted by atomic mass is 79.9. The molecule has 0 aliphatic heterocycles. The Morgan fingerprint density at radius 2 is 1.93 bits per heavy atom. The van der Waals surface area contributed by atoms with Gasteiger partial charge in [-0.2, -0.15) is 10.2 Å². The maximum atomic E-state index is 12.7. The van der Waals surface area contributed by atoms with E-state index < -0.39 is 0 Å². The van der Waals surface area contributed by atoms with Gasteiger partial charge in [0.15, 0.2) is 5.82 Å². The molecule has 4 rings (SSSR count). The molecule has 0 spiro atoms. The number of carbonyl (C=O) groups excluding carboxylic acids is 1. The van der Waals surface area contributed by atoms with Gasteiger partial charge in [-0.1, -0.05) is 36.4 Å². The van der Waals surface area contributed by atoms with E-state index in [1.54, 1.807) is 18.3 Å². The maximum absolute atomic E-state index is 12.7. The Morgan fingerprint density at radius 1 is 1.07 bits per heavy atom. The third-order valence-corrected chi connectivity index (χ3v) is 5.02. The first-order valence-electron chi connectivity index (χ1n) is 9.23. The molecule has 0 unspecified atom stereocenters. The van der Waals surface area contributed by atoms with Crippen LogP contribution in [0.25, 0.3) is 0 Å². The van der Waals surface area contributed by atoms with Crippen molar-refractivity contribution in [2.75, 3.05) is 5.32 Å². The number of hydrogen-bond donors (Lipinski definition) is 1. The molecule has 2 aromatic carbocycles. The molecule has 2 heterocycles. The summed E-state index contributed by atoms with van der Waals surface area (Å²) in [7, 11) is 0. The number of aromatic nitrogens is 4. The van der Waals surface area contributed by atoms with E-state index in [4.69, 9.17) is 0 Å². The van der Waals surface area contributed by atoms with Crippen molar-refractivity contribution in [3.63, 3.8) is 0 Å². The number of nitrogens with zero attached hydrogens (tertiary/aromatic N) is 4. The summed E-state index contributed by atoms with van der Waals surface area (Å²) in [6, 6.07) is 17.5. The second kappa shape index (κ2) is 8.45. The van der Waals surface area contributed by atoms with E-state index in [0.717, 1.165) is 10.0 Å². The summed E-state index contributed by atoms with van der Waals surface area (Å²) < 4.78 is 4.56. The molecule has 0 bridgehead atoms. The molecule has 2 aromatic heterocycles. The fraction of sp³-hybridized carbons (Fsp3) is 0.136. The Balaban J connectivity index is 1.42. The van der Waals surface area contributed by atoms with Crippen LogP contribution < -0.4 is 5.32 Å². The van der Waals surface area contributed by atoms with E-state index in [2.05, 4.69) is 50.5 Å². The molecule has 6 nitrogen and oxygen atoms in total. The van der Waals surface area contributed by atoms with Crippen LogP contribution in [0.4, 0.5) is 5.82 Å². The zero-order valence-electron chi connectivity index (χ0n) is 15.9. The summed E-state index contributed by atoms with van der Waals surface area (Å²) in [5.41, 5.74) is 4.00. The van der Waals surface area contributed by atoms with Gasteiger partial charge in [0.1, 0.15) is 0 Å². The van der Waals surface area contributed by atoms with Crippen molar-refractivity contribution in [1.82, 2.24) is 19.6 Å². The largest absolute Gasteiger partial charge is 0.305 e. The predicted octanol–water partition coefficient (Wildman–Crippen LogP) is 4.50. The number of hydrogen-bond acceptors (Lipinski definition) is 3. The highest BCUT2D eigenvalue weighted by molar-refractivity contribution is 9.10. The van der Waals surface area contributed by atoms with Gasteiger partial charge in [-0.15, -0.1) is 0 Å². The number of benzene rings is 2. The molecule has 29 heavy (non-hydrogen) atoms. The van der Waals surface area contributed by atoms with Crippen molar-refractivity contribution in [3.05, 3.63) is 99.9 Å². The first-order valence-corrected chi connectivity index (χ1v) is 10.0. The molecule has 0 atom stereocenters. The van der Waals surface area contributed by atoms with Crippen LogP contribution in [0.2, 0.25) is 0 Å². The summed E-state index contributed by atoms with van der Waals surface area (Å²) in [6.45, 7) is 3.34. The number of anilines is 1. The lowest BCUT2D eigenvalue weighted by atomic mass is 10.1. The topological polar surface area (TPSA) is 64.7 Å². The van der Waals surface area contributed by atoms with Crippen LogP contribution in [0, 0.1) is 6.92 Å². The van der Waals surface area contributed by atoms with E-state index in [-0.39, 0.29) is 5.91 Å². The molecule has 0 saturated carbocycles. The molecule has 1 amide bonds. The standard InChI is InChI=1S/C22H20BrN5O/c1-16-5-2-3-7-19(16)14-27-10-9-21(26-27)25-22(29)18-8-4-6-17(11-18)13-28-15-20(23)12-24-28/h2-12,15H,13-14H2,1H3,(H,25,26,29). The van der Waals surface area contributed by atoms with E-state index >= 15 is 0 Å². The van der Waals surface area contributed by atoms with Crippen molar-refractivity contribution in [2.24, 2.45) is 0 Å².